The standard InChI is InChI=1S/C13H19N3O2S/c1-10-9-19-6-5-15(10)8-11-3-4-13(16(17)18)12(7-11)14-2/h3-4,7,10,14H,5-6,8-9H2,1-2H3. The summed E-state index contributed by atoms with van der Waals surface area (Å²) in [6, 6.07) is 5.89. The lowest BCUT2D eigenvalue weighted by atomic mass is 10.1. The van der Waals surface area contributed by atoms with E-state index in [1.54, 1.807) is 13.1 Å². The third-order valence-corrected chi connectivity index (χ3v) is 4.61. The summed E-state index contributed by atoms with van der Waals surface area (Å²) in [6.07, 6.45) is 0. The maximum atomic E-state index is 10.9. The van der Waals surface area contributed by atoms with Crippen LogP contribution < -0.4 is 5.32 Å². The summed E-state index contributed by atoms with van der Waals surface area (Å²) in [5.74, 6) is 2.32. The first-order chi connectivity index (χ1) is 9.11. The largest absolute Gasteiger partial charge is 0.383 e. The number of nitro benzene ring substituents is 1. The molecule has 6 heteroatoms. The SMILES string of the molecule is CNc1cc(CN2CCSCC2C)ccc1[N+](=O)[O-]. The van der Waals surface area contributed by atoms with Gasteiger partial charge >= 0.3 is 0 Å². The summed E-state index contributed by atoms with van der Waals surface area (Å²) < 4.78 is 0. The number of nitro groups is 1. The number of hydrogen-bond donors (Lipinski definition) is 1. The Labute approximate surface area is 117 Å². The second-order valence-electron chi connectivity index (χ2n) is 4.75. The molecule has 1 aromatic carbocycles. The molecule has 0 bridgehead atoms. The molecule has 1 heterocycles. The maximum absolute atomic E-state index is 10.9. The molecule has 19 heavy (non-hydrogen) atoms. The normalized spacial score (nSPS) is 20.2. The third kappa shape index (κ3) is 3.39. The Morgan fingerprint density at radius 2 is 2.37 bits per heavy atom. The van der Waals surface area contributed by atoms with Crippen molar-refractivity contribution in [3.8, 4) is 0 Å². The average molecular weight is 281 g/mol. The molecule has 1 aliphatic heterocycles. The van der Waals surface area contributed by atoms with Gasteiger partial charge in [-0.3, -0.25) is 15.0 Å². The van der Waals surface area contributed by atoms with Gasteiger partial charge in [-0.2, -0.15) is 11.8 Å². The molecule has 1 fully saturated rings. The van der Waals surface area contributed by atoms with Gasteiger partial charge in [0.2, 0.25) is 0 Å². The van der Waals surface area contributed by atoms with E-state index in [0.29, 0.717) is 11.7 Å². The fourth-order valence-corrected chi connectivity index (χ4v) is 3.35. The van der Waals surface area contributed by atoms with Gasteiger partial charge in [-0.05, 0) is 18.6 Å². The summed E-state index contributed by atoms with van der Waals surface area (Å²) in [6.45, 7) is 4.17. The number of benzene rings is 1. The molecule has 5 nitrogen and oxygen atoms in total. The van der Waals surface area contributed by atoms with E-state index in [9.17, 15) is 10.1 Å². The number of anilines is 1. The highest BCUT2D eigenvalue weighted by molar-refractivity contribution is 7.99. The average Bonchev–Trinajstić information content (AvgIpc) is 2.41. The molecule has 0 radical (unpaired) electrons. The van der Waals surface area contributed by atoms with Gasteiger partial charge < -0.3 is 5.32 Å². The smallest absolute Gasteiger partial charge is 0.292 e. The first-order valence-electron chi connectivity index (χ1n) is 6.38. The zero-order valence-corrected chi connectivity index (χ0v) is 12.1. The van der Waals surface area contributed by atoms with E-state index in [0.717, 1.165) is 30.2 Å². The lowest BCUT2D eigenvalue weighted by Crippen LogP contribution is -2.39. The van der Waals surface area contributed by atoms with Crippen molar-refractivity contribution in [2.75, 3.05) is 30.4 Å². The van der Waals surface area contributed by atoms with Crippen molar-refractivity contribution in [1.29, 1.82) is 0 Å². The van der Waals surface area contributed by atoms with E-state index in [1.165, 1.54) is 0 Å². The fourth-order valence-electron chi connectivity index (χ4n) is 2.27. The fraction of sp³-hybridized carbons (Fsp3) is 0.538. The molecule has 2 rings (SSSR count). The van der Waals surface area contributed by atoms with Crippen LogP contribution in [-0.2, 0) is 6.54 Å². The van der Waals surface area contributed by atoms with Gasteiger partial charge in [0.25, 0.3) is 5.69 Å². The summed E-state index contributed by atoms with van der Waals surface area (Å²) in [4.78, 5) is 13.0. The molecule has 1 atom stereocenters. The molecular formula is C13H19N3O2S. The summed E-state index contributed by atoms with van der Waals surface area (Å²) >= 11 is 1.99. The molecular weight excluding hydrogens is 262 g/mol. The predicted molar refractivity (Wildman–Crippen MR) is 79.8 cm³/mol. The molecule has 0 spiro atoms. The Morgan fingerprint density at radius 1 is 1.58 bits per heavy atom. The molecule has 0 aromatic heterocycles. The van der Waals surface area contributed by atoms with Crippen molar-refractivity contribution < 1.29 is 4.92 Å². The highest BCUT2D eigenvalue weighted by Gasteiger charge is 2.20. The Bertz CT molecular complexity index is 467. The van der Waals surface area contributed by atoms with Crippen molar-refractivity contribution in [2.45, 2.75) is 19.5 Å². The van der Waals surface area contributed by atoms with E-state index < -0.39 is 0 Å². The van der Waals surface area contributed by atoms with Crippen LogP contribution in [0.4, 0.5) is 11.4 Å². The minimum atomic E-state index is -0.351. The zero-order chi connectivity index (χ0) is 13.8. The van der Waals surface area contributed by atoms with Crippen LogP contribution in [0.15, 0.2) is 18.2 Å². The molecule has 1 unspecified atom stereocenters. The highest BCUT2D eigenvalue weighted by Crippen LogP contribution is 2.26. The van der Waals surface area contributed by atoms with Crippen LogP contribution in [0.1, 0.15) is 12.5 Å². The summed E-state index contributed by atoms with van der Waals surface area (Å²) in [7, 11) is 1.71. The third-order valence-electron chi connectivity index (χ3n) is 3.42. The van der Waals surface area contributed by atoms with Gasteiger partial charge in [-0.15, -0.1) is 0 Å². The van der Waals surface area contributed by atoms with E-state index in [1.807, 2.05) is 23.9 Å². The van der Waals surface area contributed by atoms with Crippen LogP contribution in [0.2, 0.25) is 0 Å². The van der Waals surface area contributed by atoms with Crippen molar-refractivity contribution in [3.63, 3.8) is 0 Å². The van der Waals surface area contributed by atoms with Crippen molar-refractivity contribution in [3.05, 3.63) is 33.9 Å². The van der Waals surface area contributed by atoms with Gasteiger partial charge in [-0.25, -0.2) is 0 Å². The van der Waals surface area contributed by atoms with Crippen molar-refractivity contribution >= 4 is 23.1 Å². The van der Waals surface area contributed by atoms with Gasteiger partial charge in [0.05, 0.1) is 4.92 Å². The van der Waals surface area contributed by atoms with Crippen LogP contribution in [-0.4, -0.2) is 41.0 Å². The lowest BCUT2D eigenvalue weighted by molar-refractivity contribution is -0.384. The van der Waals surface area contributed by atoms with Crippen LogP contribution >= 0.6 is 11.8 Å². The summed E-state index contributed by atoms with van der Waals surface area (Å²) in [5.41, 5.74) is 1.84. The van der Waals surface area contributed by atoms with Gasteiger partial charge in [-0.1, -0.05) is 6.07 Å². The van der Waals surface area contributed by atoms with Crippen molar-refractivity contribution in [2.24, 2.45) is 0 Å². The minimum Gasteiger partial charge on any atom is -0.383 e. The number of nitrogens with one attached hydrogen (secondary N) is 1. The topological polar surface area (TPSA) is 58.4 Å². The molecule has 0 amide bonds. The van der Waals surface area contributed by atoms with Crippen LogP contribution in [0.5, 0.6) is 0 Å². The first kappa shape index (κ1) is 14.1. The van der Waals surface area contributed by atoms with E-state index in [2.05, 4.69) is 17.1 Å². The first-order valence-corrected chi connectivity index (χ1v) is 7.54. The number of hydrogen-bond acceptors (Lipinski definition) is 5. The van der Waals surface area contributed by atoms with E-state index in [4.69, 9.17) is 0 Å². The minimum absolute atomic E-state index is 0.133. The maximum Gasteiger partial charge on any atom is 0.292 e. The highest BCUT2D eigenvalue weighted by atomic mass is 32.2. The van der Waals surface area contributed by atoms with Crippen LogP contribution in [0.25, 0.3) is 0 Å². The monoisotopic (exact) mass is 281 g/mol. The van der Waals surface area contributed by atoms with Gasteiger partial charge in [0.1, 0.15) is 5.69 Å². The van der Waals surface area contributed by atoms with Gasteiger partial charge in [0, 0.05) is 43.8 Å². The Morgan fingerprint density at radius 3 is 3.00 bits per heavy atom. The van der Waals surface area contributed by atoms with Crippen molar-refractivity contribution in [1.82, 2.24) is 4.90 Å². The summed E-state index contributed by atoms with van der Waals surface area (Å²) in [5, 5.41) is 13.8. The predicted octanol–water partition coefficient (Wildman–Crippen LogP) is 2.57. The second kappa shape index (κ2) is 6.25. The Balaban J connectivity index is 2.14. The van der Waals surface area contributed by atoms with E-state index >= 15 is 0 Å². The van der Waals surface area contributed by atoms with Crippen LogP contribution in [0, 0.1) is 10.1 Å². The Kier molecular flexibility index (Phi) is 4.66. The number of thioether (sulfide) groups is 1. The quantitative estimate of drug-likeness (QED) is 0.679. The zero-order valence-electron chi connectivity index (χ0n) is 11.3. The molecule has 0 saturated carbocycles. The molecule has 1 aliphatic rings. The molecule has 1 N–H and O–H groups in total. The molecule has 1 saturated heterocycles. The number of nitrogens with zero attached hydrogens (tertiary/aromatic N) is 2. The Hall–Kier alpha value is -1.27. The second-order valence-corrected chi connectivity index (χ2v) is 5.90. The molecule has 1 aromatic rings. The molecule has 0 aliphatic carbocycles. The lowest BCUT2D eigenvalue weighted by Gasteiger charge is -2.33. The van der Waals surface area contributed by atoms with Crippen LogP contribution in [0.3, 0.4) is 0 Å². The van der Waals surface area contributed by atoms with Gasteiger partial charge in [0.15, 0.2) is 0 Å². The number of rotatable bonds is 4. The van der Waals surface area contributed by atoms with E-state index in [-0.39, 0.29) is 10.6 Å². The molecule has 104 valence electrons.